The molecule has 0 saturated heterocycles. The number of benzene rings is 1. The Kier molecular flexibility index (Phi) is 2.80. The summed E-state index contributed by atoms with van der Waals surface area (Å²) in [6, 6.07) is 6.65. The van der Waals surface area contributed by atoms with E-state index in [0.717, 1.165) is 6.20 Å². The zero-order valence-corrected chi connectivity index (χ0v) is 9.31. The van der Waals surface area contributed by atoms with E-state index in [4.69, 9.17) is 23.2 Å². The molecule has 82 valence electrons. The zero-order chi connectivity index (χ0) is 11.7. The Morgan fingerprint density at radius 1 is 1.25 bits per heavy atom. The van der Waals surface area contributed by atoms with Gasteiger partial charge in [-0.15, -0.1) is 0 Å². The van der Waals surface area contributed by atoms with E-state index in [0.29, 0.717) is 10.7 Å². The van der Waals surface area contributed by atoms with Gasteiger partial charge in [0.1, 0.15) is 6.20 Å². The van der Waals surface area contributed by atoms with Gasteiger partial charge in [0.25, 0.3) is 0 Å². The highest BCUT2D eigenvalue weighted by molar-refractivity contribution is 6.32. The van der Waals surface area contributed by atoms with Gasteiger partial charge in [-0.25, -0.2) is 4.68 Å². The minimum atomic E-state index is -0.582. The minimum Gasteiger partial charge on any atom is -0.258 e. The van der Waals surface area contributed by atoms with E-state index in [1.165, 1.54) is 4.68 Å². The first-order valence-corrected chi connectivity index (χ1v) is 4.99. The summed E-state index contributed by atoms with van der Waals surface area (Å²) in [7, 11) is 0. The molecule has 0 spiro atoms. The molecule has 0 unspecified atom stereocenters. The molecule has 5 nitrogen and oxygen atoms in total. The number of aromatic nitrogens is 2. The fraction of sp³-hybridized carbons (Fsp3) is 0. The highest BCUT2D eigenvalue weighted by atomic mass is 35.5. The molecule has 0 bridgehead atoms. The van der Waals surface area contributed by atoms with E-state index in [1.54, 1.807) is 24.3 Å². The van der Waals surface area contributed by atoms with Crippen LogP contribution in [0.15, 0.2) is 30.5 Å². The molecule has 0 aliphatic carbocycles. The molecule has 0 aliphatic heterocycles. The molecule has 0 aliphatic rings. The van der Waals surface area contributed by atoms with E-state index in [9.17, 15) is 10.1 Å². The fourth-order valence-corrected chi connectivity index (χ4v) is 1.59. The van der Waals surface area contributed by atoms with Crippen LogP contribution in [-0.2, 0) is 0 Å². The van der Waals surface area contributed by atoms with Crippen LogP contribution < -0.4 is 0 Å². The second-order valence-corrected chi connectivity index (χ2v) is 3.76. The Hall–Kier alpha value is -1.59. The SMILES string of the molecule is O=[N+]([O-])c1cnn(-c2ccc(Cl)cc2)c1Cl. The van der Waals surface area contributed by atoms with Crippen molar-refractivity contribution in [1.29, 1.82) is 0 Å². The van der Waals surface area contributed by atoms with Crippen molar-refractivity contribution in [2.75, 3.05) is 0 Å². The Morgan fingerprint density at radius 2 is 1.88 bits per heavy atom. The van der Waals surface area contributed by atoms with Crippen LogP contribution in [-0.4, -0.2) is 14.7 Å². The van der Waals surface area contributed by atoms with Crippen molar-refractivity contribution in [3.05, 3.63) is 50.8 Å². The highest BCUT2D eigenvalue weighted by Crippen LogP contribution is 2.26. The summed E-state index contributed by atoms with van der Waals surface area (Å²) >= 11 is 11.5. The van der Waals surface area contributed by atoms with E-state index >= 15 is 0 Å². The molecular weight excluding hydrogens is 253 g/mol. The normalized spacial score (nSPS) is 10.4. The molecule has 1 aromatic heterocycles. The number of nitrogens with zero attached hydrogens (tertiary/aromatic N) is 3. The van der Waals surface area contributed by atoms with Gasteiger partial charge in [-0.2, -0.15) is 5.10 Å². The third-order valence-corrected chi connectivity index (χ3v) is 2.57. The molecule has 1 heterocycles. The molecule has 2 rings (SSSR count). The van der Waals surface area contributed by atoms with Gasteiger partial charge < -0.3 is 0 Å². The lowest BCUT2D eigenvalue weighted by molar-refractivity contribution is -0.384. The number of nitro groups is 1. The second-order valence-electron chi connectivity index (χ2n) is 2.97. The number of halogens is 2. The maximum atomic E-state index is 10.6. The van der Waals surface area contributed by atoms with E-state index in [2.05, 4.69) is 5.10 Å². The molecule has 0 radical (unpaired) electrons. The Balaban J connectivity index is 2.49. The van der Waals surface area contributed by atoms with Crippen molar-refractivity contribution in [3.8, 4) is 5.69 Å². The molecule has 0 saturated carbocycles. The summed E-state index contributed by atoms with van der Waals surface area (Å²) in [4.78, 5) is 9.99. The largest absolute Gasteiger partial charge is 0.326 e. The molecule has 7 heteroatoms. The van der Waals surface area contributed by atoms with Crippen molar-refractivity contribution in [2.45, 2.75) is 0 Å². The molecule has 16 heavy (non-hydrogen) atoms. The number of rotatable bonds is 2. The molecule has 0 atom stereocenters. The summed E-state index contributed by atoms with van der Waals surface area (Å²) in [5.74, 6) is 0. The predicted octanol–water partition coefficient (Wildman–Crippen LogP) is 3.09. The monoisotopic (exact) mass is 257 g/mol. The Bertz CT molecular complexity index is 536. The molecule has 0 fully saturated rings. The van der Waals surface area contributed by atoms with Crippen LogP contribution in [0.4, 0.5) is 5.69 Å². The standard InChI is InChI=1S/C9H5Cl2N3O2/c10-6-1-3-7(4-2-6)13-9(11)8(5-12-13)14(15)16/h1-5H. The van der Waals surface area contributed by atoms with E-state index < -0.39 is 4.92 Å². The lowest BCUT2D eigenvalue weighted by Crippen LogP contribution is -1.96. The van der Waals surface area contributed by atoms with Crippen LogP contribution in [0.2, 0.25) is 10.2 Å². The fourth-order valence-electron chi connectivity index (χ4n) is 1.21. The summed E-state index contributed by atoms with van der Waals surface area (Å²) in [5.41, 5.74) is 0.388. The quantitative estimate of drug-likeness (QED) is 0.614. The zero-order valence-electron chi connectivity index (χ0n) is 7.80. The van der Waals surface area contributed by atoms with Gasteiger partial charge in [-0.3, -0.25) is 10.1 Å². The first-order valence-electron chi connectivity index (χ1n) is 4.23. The summed E-state index contributed by atoms with van der Waals surface area (Å²) < 4.78 is 1.27. The van der Waals surface area contributed by atoms with E-state index in [1.807, 2.05) is 0 Å². The van der Waals surface area contributed by atoms with Crippen molar-refractivity contribution in [2.24, 2.45) is 0 Å². The van der Waals surface area contributed by atoms with E-state index in [-0.39, 0.29) is 10.8 Å². The first-order chi connectivity index (χ1) is 7.59. The smallest absolute Gasteiger partial charge is 0.258 e. The summed E-state index contributed by atoms with van der Waals surface area (Å²) in [6.07, 6.45) is 1.11. The van der Waals surface area contributed by atoms with Crippen LogP contribution in [0.3, 0.4) is 0 Å². The van der Waals surface area contributed by atoms with Crippen molar-refractivity contribution < 1.29 is 4.92 Å². The first kappa shape index (κ1) is 10.9. The lowest BCUT2D eigenvalue weighted by atomic mass is 10.3. The van der Waals surface area contributed by atoms with Gasteiger partial charge in [0.15, 0.2) is 0 Å². The van der Waals surface area contributed by atoms with Gasteiger partial charge in [0.05, 0.1) is 10.6 Å². The van der Waals surface area contributed by atoms with Gasteiger partial charge in [-0.1, -0.05) is 23.2 Å². The molecule has 2 aromatic rings. The number of hydrogen-bond donors (Lipinski definition) is 0. The maximum absolute atomic E-state index is 10.6. The molecule has 1 aromatic carbocycles. The third kappa shape index (κ3) is 1.87. The van der Waals surface area contributed by atoms with Gasteiger partial charge >= 0.3 is 5.69 Å². The van der Waals surface area contributed by atoms with Crippen LogP contribution in [0.1, 0.15) is 0 Å². The average molecular weight is 258 g/mol. The summed E-state index contributed by atoms with van der Waals surface area (Å²) in [5, 5.41) is 14.9. The molecule has 0 amide bonds. The van der Waals surface area contributed by atoms with Crippen LogP contribution in [0.25, 0.3) is 5.69 Å². The van der Waals surface area contributed by atoms with Gasteiger partial charge in [-0.05, 0) is 24.3 Å². The maximum Gasteiger partial charge on any atom is 0.326 e. The van der Waals surface area contributed by atoms with Gasteiger partial charge in [0, 0.05) is 5.02 Å². The average Bonchev–Trinajstić information content (AvgIpc) is 2.61. The lowest BCUT2D eigenvalue weighted by Gasteiger charge is -2.01. The highest BCUT2D eigenvalue weighted by Gasteiger charge is 2.19. The minimum absolute atomic E-state index is 0.0349. The van der Waals surface area contributed by atoms with Crippen LogP contribution >= 0.6 is 23.2 Å². The van der Waals surface area contributed by atoms with Crippen molar-refractivity contribution in [1.82, 2.24) is 9.78 Å². The van der Waals surface area contributed by atoms with Crippen LogP contribution in [0.5, 0.6) is 0 Å². The topological polar surface area (TPSA) is 61.0 Å². The Labute approximate surface area is 100 Å². The molecular formula is C9H5Cl2N3O2. The Morgan fingerprint density at radius 3 is 2.38 bits per heavy atom. The number of hydrogen-bond acceptors (Lipinski definition) is 3. The van der Waals surface area contributed by atoms with Crippen molar-refractivity contribution >= 4 is 28.9 Å². The van der Waals surface area contributed by atoms with Gasteiger partial charge in [0.2, 0.25) is 5.15 Å². The predicted molar refractivity (Wildman–Crippen MR) is 60.2 cm³/mol. The third-order valence-electron chi connectivity index (χ3n) is 1.96. The summed E-state index contributed by atoms with van der Waals surface area (Å²) in [6.45, 7) is 0. The van der Waals surface area contributed by atoms with Crippen LogP contribution in [0, 0.1) is 10.1 Å². The molecule has 0 N–H and O–H groups in total. The second kappa shape index (κ2) is 4.11. The van der Waals surface area contributed by atoms with Crippen molar-refractivity contribution in [3.63, 3.8) is 0 Å².